The van der Waals surface area contributed by atoms with Gasteiger partial charge in [-0.3, -0.25) is 4.90 Å². The Morgan fingerprint density at radius 3 is 2.69 bits per heavy atom. The molecule has 0 spiro atoms. The van der Waals surface area contributed by atoms with Crippen molar-refractivity contribution in [3.63, 3.8) is 0 Å². The van der Waals surface area contributed by atoms with E-state index in [1.165, 1.54) is 27.7 Å². The second-order valence-corrected chi connectivity index (χ2v) is 6.87. The number of hydrogen-bond donors (Lipinski definition) is 1. The van der Waals surface area contributed by atoms with Crippen LogP contribution in [0, 0.1) is 6.92 Å². The number of benzene rings is 2. The smallest absolute Gasteiger partial charge is 0.231 e. The van der Waals surface area contributed by atoms with E-state index in [2.05, 4.69) is 53.2 Å². The molecule has 0 saturated carbocycles. The number of fused-ring (bicyclic) bond motifs is 2. The van der Waals surface area contributed by atoms with Crippen molar-refractivity contribution in [3.8, 4) is 11.5 Å². The fourth-order valence-electron chi connectivity index (χ4n) is 4.13. The van der Waals surface area contributed by atoms with Gasteiger partial charge in [0.25, 0.3) is 0 Å². The summed E-state index contributed by atoms with van der Waals surface area (Å²) >= 11 is 0. The first-order valence-electron chi connectivity index (χ1n) is 9.10. The van der Waals surface area contributed by atoms with Crippen LogP contribution in [-0.2, 0) is 4.74 Å². The topological polar surface area (TPSA) is 46.7 Å². The number of para-hydroxylation sites is 1. The number of nitrogens with zero attached hydrogens (tertiary/aromatic N) is 1. The number of hydrogen-bond acceptors (Lipinski definition) is 4. The van der Waals surface area contributed by atoms with Gasteiger partial charge in [0.15, 0.2) is 11.5 Å². The molecule has 0 unspecified atom stereocenters. The molecule has 2 aliphatic heterocycles. The van der Waals surface area contributed by atoms with Crippen LogP contribution in [0.3, 0.4) is 0 Å². The molecule has 5 heteroatoms. The zero-order valence-electron chi connectivity index (χ0n) is 14.8. The van der Waals surface area contributed by atoms with Gasteiger partial charge in [-0.25, -0.2) is 0 Å². The van der Waals surface area contributed by atoms with E-state index in [9.17, 15) is 0 Å². The Bertz CT molecular complexity index is 944. The Balaban J connectivity index is 1.67. The van der Waals surface area contributed by atoms with E-state index < -0.39 is 0 Å². The van der Waals surface area contributed by atoms with Gasteiger partial charge >= 0.3 is 0 Å². The van der Waals surface area contributed by atoms with Crippen molar-refractivity contribution in [2.75, 3.05) is 33.1 Å². The first-order valence-corrected chi connectivity index (χ1v) is 9.10. The van der Waals surface area contributed by atoms with Crippen LogP contribution in [0.15, 0.2) is 42.5 Å². The summed E-state index contributed by atoms with van der Waals surface area (Å²) in [4.78, 5) is 6.06. The summed E-state index contributed by atoms with van der Waals surface area (Å²) in [5, 5.41) is 1.28. The first-order chi connectivity index (χ1) is 12.8. The predicted octanol–water partition coefficient (Wildman–Crippen LogP) is 3.63. The Kier molecular flexibility index (Phi) is 3.84. The van der Waals surface area contributed by atoms with Crippen LogP contribution in [0.4, 0.5) is 0 Å². The van der Waals surface area contributed by atoms with Gasteiger partial charge in [0.2, 0.25) is 6.79 Å². The van der Waals surface area contributed by atoms with Gasteiger partial charge in [-0.1, -0.05) is 24.3 Å². The lowest BCUT2D eigenvalue weighted by Gasteiger charge is -2.35. The molecule has 5 nitrogen and oxygen atoms in total. The zero-order valence-corrected chi connectivity index (χ0v) is 14.8. The summed E-state index contributed by atoms with van der Waals surface area (Å²) in [5.74, 6) is 1.66. The lowest BCUT2D eigenvalue weighted by atomic mass is 9.94. The third-order valence-electron chi connectivity index (χ3n) is 5.34. The molecule has 1 saturated heterocycles. The second-order valence-electron chi connectivity index (χ2n) is 6.87. The molecule has 134 valence electrons. The number of H-pyrrole nitrogens is 1. The molecule has 1 N–H and O–H groups in total. The molecule has 2 aliphatic rings. The summed E-state index contributed by atoms with van der Waals surface area (Å²) < 4.78 is 16.7. The van der Waals surface area contributed by atoms with Crippen LogP contribution < -0.4 is 9.47 Å². The third kappa shape index (κ3) is 2.55. The Morgan fingerprint density at radius 2 is 1.81 bits per heavy atom. The van der Waals surface area contributed by atoms with Crippen LogP contribution in [0.2, 0.25) is 0 Å². The van der Waals surface area contributed by atoms with Crippen molar-refractivity contribution in [2.24, 2.45) is 0 Å². The number of aryl methyl sites for hydroxylation is 1. The molecular formula is C21H22N2O3. The van der Waals surface area contributed by atoms with E-state index in [4.69, 9.17) is 14.2 Å². The number of ether oxygens (including phenoxy) is 3. The highest BCUT2D eigenvalue weighted by atomic mass is 16.7. The first kappa shape index (κ1) is 15.7. The van der Waals surface area contributed by atoms with Gasteiger partial charge in [-0.2, -0.15) is 0 Å². The Labute approximate surface area is 152 Å². The van der Waals surface area contributed by atoms with E-state index in [-0.39, 0.29) is 6.04 Å². The summed E-state index contributed by atoms with van der Waals surface area (Å²) in [7, 11) is 0. The van der Waals surface area contributed by atoms with Gasteiger partial charge in [-0.15, -0.1) is 0 Å². The van der Waals surface area contributed by atoms with Crippen molar-refractivity contribution >= 4 is 10.9 Å². The van der Waals surface area contributed by atoms with Gasteiger partial charge in [0.05, 0.1) is 19.3 Å². The number of aromatic amines is 1. The lowest BCUT2D eigenvalue weighted by Crippen LogP contribution is -2.39. The van der Waals surface area contributed by atoms with E-state index >= 15 is 0 Å². The molecule has 1 fully saturated rings. The van der Waals surface area contributed by atoms with Crippen LogP contribution in [0.25, 0.3) is 10.9 Å². The summed E-state index contributed by atoms with van der Waals surface area (Å²) in [6.07, 6.45) is 0. The number of morpholine rings is 1. The maximum absolute atomic E-state index is 5.64. The van der Waals surface area contributed by atoms with Crippen molar-refractivity contribution in [1.29, 1.82) is 0 Å². The van der Waals surface area contributed by atoms with E-state index in [0.717, 1.165) is 37.8 Å². The summed E-state index contributed by atoms with van der Waals surface area (Å²) in [5.41, 5.74) is 4.95. The standard InChI is InChI=1S/C21H22N2O3/c1-14-20(16-4-2-3-5-17(16)22-14)21(23-8-10-24-11-9-23)15-6-7-18-19(12-15)26-13-25-18/h2-7,12,21-22H,8-11,13H2,1H3/t21-/m1/s1. The van der Waals surface area contributed by atoms with E-state index in [1.54, 1.807) is 0 Å². The molecule has 1 atom stereocenters. The Morgan fingerprint density at radius 1 is 1.00 bits per heavy atom. The second kappa shape index (κ2) is 6.34. The zero-order chi connectivity index (χ0) is 17.5. The highest BCUT2D eigenvalue weighted by molar-refractivity contribution is 5.85. The van der Waals surface area contributed by atoms with Crippen LogP contribution >= 0.6 is 0 Å². The molecule has 0 amide bonds. The van der Waals surface area contributed by atoms with E-state index in [0.29, 0.717) is 6.79 Å². The average Bonchev–Trinajstić information content (AvgIpc) is 3.27. The molecule has 3 heterocycles. The SMILES string of the molecule is Cc1[nH]c2ccccc2c1[C@@H](c1ccc2c(c1)OCO2)N1CCOCC1. The fourth-order valence-corrected chi connectivity index (χ4v) is 4.13. The number of nitrogens with one attached hydrogen (secondary N) is 1. The van der Waals surface area contributed by atoms with Crippen LogP contribution in [0.5, 0.6) is 11.5 Å². The van der Waals surface area contributed by atoms with Crippen LogP contribution in [-0.4, -0.2) is 43.0 Å². The van der Waals surface area contributed by atoms with Gasteiger partial charge in [-0.05, 0) is 30.7 Å². The summed E-state index contributed by atoms with van der Waals surface area (Å²) in [6, 6.07) is 15.0. The minimum Gasteiger partial charge on any atom is -0.454 e. The largest absolute Gasteiger partial charge is 0.454 e. The lowest BCUT2D eigenvalue weighted by molar-refractivity contribution is 0.0240. The van der Waals surface area contributed by atoms with Crippen molar-refractivity contribution in [1.82, 2.24) is 9.88 Å². The maximum atomic E-state index is 5.64. The minimum atomic E-state index is 0.157. The third-order valence-corrected chi connectivity index (χ3v) is 5.34. The number of aromatic nitrogens is 1. The van der Waals surface area contributed by atoms with Gasteiger partial charge < -0.3 is 19.2 Å². The van der Waals surface area contributed by atoms with Gasteiger partial charge in [0.1, 0.15) is 0 Å². The quantitative estimate of drug-likeness (QED) is 0.784. The molecule has 2 aromatic carbocycles. The van der Waals surface area contributed by atoms with Gasteiger partial charge in [0, 0.05) is 35.2 Å². The molecule has 26 heavy (non-hydrogen) atoms. The van der Waals surface area contributed by atoms with Crippen molar-refractivity contribution in [2.45, 2.75) is 13.0 Å². The normalized spacial score (nSPS) is 18.3. The highest BCUT2D eigenvalue weighted by Gasteiger charge is 2.29. The van der Waals surface area contributed by atoms with Crippen molar-refractivity contribution in [3.05, 3.63) is 59.3 Å². The Hall–Kier alpha value is -2.50. The van der Waals surface area contributed by atoms with Crippen molar-refractivity contribution < 1.29 is 14.2 Å². The van der Waals surface area contributed by atoms with Crippen LogP contribution in [0.1, 0.15) is 22.9 Å². The molecule has 3 aromatic rings. The average molecular weight is 350 g/mol. The monoisotopic (exact) mass is 350 g/mol. The summed E-state index contributed by atoms with van der Waals surface area (Å²) in [6.45, 7) is 5.82. The van der Waals surface area contributed by atoms with E-state index in [1.807, 2.05) is 6.07 Å². The predicted molar refractivity (Wildman–Crippen MR) is 99.8 cm³/mol. The molecule has 0 radical (unpaired) electrons. The molecule has 5 rings (SSSR count). The minimum absolute atomic E-state index is 0.157. The highest BCUT2D eigenvalue weighted by Crippen LogP contribution is 2.40. The molecule has 0 bridgehead atoms. The fraction of sp³-hybridized carbons (Fsp3) is 0.333. The maximum Gasteiger partial charge on any atom is 0.231 e. The molecular weight excluding hydrogens is 328 g/mol. The number of rotatable bonds is 3. The molecule has 0 aliphatic carbocycles. The molecule has 1 aromatic heterocycles.